The van der Waals surface area contributed by atoms with E-state index in [4.69, 9.17) is 14.7 Å². The third kappa shape index (κ3) is 2.90. The molecule has 3 aliphatic carbocycles. The van der Waals surface area contributed by atoms with Crippen molar-refractivity contribution in [3.05, 3.63) is 35.4 Å². The minimum absolute atomic E-state index is 0.346. The highest BCUT2D eigenvalue weighted by Gasteiger charge is 2.38. The molecule has 0 aliphatic heterocycles. The molecule has 0 spiro atoms. The van der Waals surface area contributed by atoms with Crippen LogP contribution in [0, 0.1) is 23.2 Å². The lowest BCUT2D eigenvalue weighted by atomic mass is 9.94. The van der Waals surface area contributed by atoms with Gasteiger partial charge < -0.3 is 9.47 Å². The Bertz CT molecular complexity index is 682. The van der Waals surface area contributed by atoms with Gasteiger partial charge in [0, 0.05) is 5.57 Å². The molecule has 3 atom stereocenters. The number of fused-ring (bicyclic) bond motifs is 1. The van der Waals surface area contributed by atoms with Gasteiger partial charge in [-0.05, 0) is 80.4 Å². The van der Waals surface area contributed by atoms with E-state index in [1.54, 1.807) is 7.11 Å². The second-order valence-corrected chi connectivity index (χ2v) is 7.53. The monoisotopic (exact) mass is 323 g/mol. The number of nitrogens with zero attached hydrogens (tertiary/aromatic N) is 1. The molecule has 0 aromatic heterocycles. The highest BCUT2D eigenvalue weighted by Crippen LogP contribution is 2.50. The Hall–Kier alpha value is -1.95. The Morgan fingerprint density at radius 1 is 1.12 bits per heavy atom. The van der Waals surface area contributed by atoms with Crippen LogP contribution in [-0.4, -0.2) is 13.2 Å². The van der Waals surface area contributed by atoms with Crippen LogP contribution in [0.2, 0.25) is 0 Å². The van der Waals surface area contributed by atoms with Crippen LogP contribution in [0.5, 0.6) is 11.5 Å². The molecule has 0 unspecified atom stereocenters. The molecule has 0 heterocycles. The van der Waals surface area contributed by atoms with Crippen molar-refractivity contribution in [1.29, 1.82) is 5.26 Å². The average molecular weight is 323 g/mol. The first-order valence-electron chi connectivity index (χ1n) is 9.22. The second-order valence-electron chi connectivity index (χ2n) is 7.53. The van der Waals surface area contributed by atoms with Gasteiger partial charge in [0.15, 0.2) is 11.5 Å². The lowest BCUT2D eigenvalue weighted by Gasteiger charge is -2.19. The predicted molar refractivity (Wildman–Crippen MR) is 93.1 cm³/mol. The molecule has 126 valence electrons. The summed E-state index contributed by atoms with van der Waals surface area (Å²) < 4.78 is 11.8. The van der Waals surface area contributed by atoms with Gasteiger partial charge in [0.25, 0.3) is 0 Å². The minimum Gasteiger partial charge on any atom is -0.493 e. The normalized spacial score (nSPS) is 29.2. The number of benzene rings is 1. The number of methoxy groups -OCH3 is 1. The van der Waals surface area contributed by atoms with Crippen molar-refractivity contribution in [2.45, 2.75) is 57.0 Å². The lowest BCUT2D eigenvalue weighted by molar-refractivity contribution is 0.200. The van der Waals surface area contributed by atoms with Crippen LogP contribution in [0.4, 0.5) is 0 Å². The quantitative estimate of drug-likeness (QED) is 0.784. The standard InChI is InChI=1S/C21H25NO2/c1-23-20-7-6-15(12-21(20)24-19-4-2-3-5-19)18-10-16-8-14(13-22)9-17(16)11-18/h6-8,12,16-19H,2-5,9-11H2,1H3/t16-,17+,18-/m0/s1. The Balaban J connectivity index is 1.52. The Morgan fingerprint density at radius 3 is 2.67 bits per heavy atom. The SMILES string of the molecule is COc1ccc([C@@H]2C[C@H]3CC(C#N)=C[C@H]3C2)cc1OC1CCCC1. The van der Waals surface area contributed by atoms with Crippen molar-refractivity contribution in [2.75, 3.05) is 7.11 Å². The van der Waals surface area contributed by atoms with Gasteiger partial charge >= 0.3 is 0 Å². The topological polar surface area (TPSA) is 42.2 Å². The van der Waals surface area contributed by atoms with Gasteiger partial charge in [0.2, 0.25) is 0 Å². The Labute approximate surface area is 144 Å². The second kappa shape index (κ2) is 6.51. The first-order chi connectivity index (χ1) is 11.8. The number of hydrogen-bond acceptors (Lipinski definition) is 3. The molecule has 0 N–H and O–H groups in total. The zero-order valence-corrected chi connectivity index (χ0v) is 14.3. The van der Waals surface area contributed by atoms with Crippen LogP contribution >= 0.6 is 0 Å². The molecule has 2 fully saturated rings. The zero-order chi connectivity index (χ0) is 16.5. The summed E-state index contributed by atoms with van der Waals surface area (Å²) in [5.74, 6) is 3.58. The van der Waals surface area contributed by atoms with Gasteiger partial charge in [0.1, 0.15) is 0 Å². The highest BCUT2D eigenvalue weighted by atomic mass is 16.5. The number of ether oxygens (including phenoxy) is 2. The van der Waals surface area contributed by atoms with Crippen LogP contribution in [0.15, 0.2) is 29.8 Å². The average Bonchev–Trinajstić information content (AvgIpc) is 3.30. The van der Waals surface area contributed by atoms with Crippen molar-refractivity contribution in [2.24, 2.45) is 11.8 Å². The number of nitriles is 1. The molecule has 0 saturated heterocycles. The van der Waals surface area contributed by atoms with Gasteiger partial charge in [-0.3, -0.25) is 0 Å². The summed E-state index contributed by atoms with van der Waals surface area (Å²) in [7, 11) is 1.71. The number of rotatable bonds is 4. The zero-order valence-electron chi connectivity index (χ0n) is 14.3. The highest BCUT2D eigenvalue weighted by molar-refractivity contribution is 5.45. The van der Waals surface area contributed by atoms with Crippen LogP contribution < -0.4 is 9.47 Å². The first kappa shape index (κ1) is 15.6. The molecular formula is C21H25NO2. The van der Waals surface area contributed by atoms with E-state index in [1.807, 2.05) is 0 Å². The van der Waals surface area contributed by atoms with Crippen molar-refractivity contribution in [1.82, 2.24) is 0 Å². The van der Waals surface area contributed by atoms with E-state index in [2.05, 4.69) is 30.3 Å². The van der Waals surface area contributed by atoms with E-state index < -0.39 is 0 Å². The van der Waals surface area contributed by atoms with Crippen LogP contribution in [0.25, 0.3) is 0 Å². The van der Waals surface area contributed by atoms with Gasteiger partial charge in [-0.25, -0.2) is 0 Å². The summed E-state index contributed by atoms with van der Waals surface area (Å²) in [5, 5.41) is 9.09. The Kier molecular flexibility index (Phi) is 4.22. The van der Waals surface area contributed by atoms with E-state index in [0.29, 0.717) is 23.9 Å². The van der Waals surface area contributed by atoms with Crippen molar-refractivity contribution < 1.29 is 9.47 Å². The smallest absolute Gasteiger partial charge is 0.161 e. The van der Waals surface area contributed by atoms with Crippen molar-refractivity contribution >= 4 is 0 Å². The van der Waals surface area contributed by atoms with Crippen LogP contribution in [-0.2, 0) is 0 Å². The minimum atomic E-state index is 0.346. The van der Waals surface area contributed by atoms with E-state index >= 15 is 0 Å². The molecule has 2 saturated carbocycles. The molecule has 1 aromatic carbocycles. The summed E-state index contributed by atoms with van der Waals surface area (Å²) in [6.45, 7) is 0. The fraction of sp³-hybridized carbons (Fsp3) is 0.571. The molecule has 4 rings (SSSR count). The van der Waals surface area contributed by atoms with Crippen LogP contribution in [0.1, 0.15) is 56.4 Å². The number of allylic oxidation sites excluding steroid dienone is 2. The molecule has 0 radical (unpaired) electrons. The maximum Gasteiger partial charge on any atom is 0.161 e. The van der Waals surface area contributed by atoms with Crippen molar-refractivity contribution in [3.63, 3.8) is 0 Å². The molecule has 3 nitrogen and oxygen atoms in total. The van der Waals surface area contributed by atoms with Crippen molar-refractivity contribution in [3.8, 4) is 17.6 Å². The fourth-order valence-electron chi connectivity index (χ4n) is 4.79. The molecule has 0 amide bonds. The van der Waals surface area contributed by atoms with E-state index in [0.717, 1.165) is 42.8 Å². The largest absolute Gasteiger partial charge is 0.493 e. The maximum absolute atomic E-state index is 9.09. The predicted octanol–water partition coefficient (Wildman–Crippen LogP) is 4.98. The lowest BCUT2D eigenvalue weighted by Crippen LogP contribution is -2.12. The van der Waals surface area contributed by atoms with Crippen LogP contribution in [0.3, 0.4) is 0 Å². The van der Waals surface area contributed by atoms with Gasteiger partial charge in [-0.15, -0.1) is 0 Å². The molecule has 0 bridgehead atoms. The molecular weight excluding hydrogens is 298 g/mol. The van der Waals surface area contributed by atoms with E-state index in [1.165, 1.54) is 24.8 Å². The van der Waals surface area contributed by atoms with E-state index in [9.17, 15) is 0 Å². The van der Waals surface area contributed by atoms with Gasteiger partial charge in [-0.1, -0.05) is 12.1 Å². The third-order valence-corrected chi connectivity index (χ3v) is 6.05. The summed E-state index contributed by atoms with van der Waals surface area (Å²) >= 11 is 0. The van der Waals surface area contributed by atoms with E-state index in [-0.39, 0.29) is 0 Å². The number of hydrogen-bond donors (Lipinski definition) is 0. The third-order valence-electron chi connectivity index (χ3n) is 6.05. The Morgan fingerprint density at radius 2 is 1.96 bits per heavy atom. The fourth-order valence-corrected chi connectivity index (χ4v) is 4.79. The summed E-state index contributed by atoms with van der Waals surface area (Å²) in [5.41, 5.74) is 2.36. The molecule has 3 heteroatoms. The summed E-state index contributed by atoms with van der Waals surface area (Å²) in [6.07, 6.45) is 10.7. The summed E-state index contributed by atoms with van der Waals surface area (Å²) in [4.78, 5) is 0. The first-order valence-corrected chi connectivity index (χ1v) is 9.22. The van der Waals surface area contributed by atoms with Gasteiger partial charge in [-0.2, -0.15) is 5.26 Å². The maximum atomic E-state index is 9.09. The molecule has 1 aromatic rings. The van der Waals surface area contributed by atoms with Gasteiger partial charge in [0.05, 0.1) is 19.3 Å². The molecule has 24 heavy (non-hydrogen) atoms. The summed E-state index contributed by atoms with van der Waals surface area (Å²) in [6, 6.07) is 8.80. The molecule has 3 aliphatic rings.